The molecule has 0 aliphatic carbocycles. The van der Waals surface area contributed by atoms with Crippen molar-refractivity contribution < 1.29 is 0 Å². The molecular weight excluding hydrogens is 320 g/mol. The van der Waals surface area contributed by atoms with Gasteiger partial charge in [-0.1, -0.05) is 18.2 Å². The molecule has 4 rings (SSSR count). The summed E-state index contributed by atoms with van der Waals surface area (Å²) in [6.07, 6.45) is 7.86. The molecule has 0 atom stereocenters. The number of fused-ring (bicyclic) bond motifs is 1. The maximum Gasteiger partial charge on any atom is 0.0456 e. The molecule has 3 N–H and O–H groups in total. The van der Waals surface area contributed by atoms with Crippen LogP contribution in [0.25, 0.3) is 10.9 Å². The third-order valence-corrected chi connectivity index (χ3v) is 4.48. The number of aromatic amines is 1. The Bertz CT molecular complexity index is 958. The molecule has 130 valence electrons. The van der Waals surface area contributed by atoms with E-state index in [1.165, 1.54) is 16.5 Å². The van der Waals surface area contributed by atoms with Crippen molar-refractivity contribution in [1.29, 1.82) is 0 Å². The Morgan fingerprint density at radius 1 is 0.808 bits per heavy atom. The fourth-order valence-electron chi connectivity index (χ4n) is 3.12. The zero-order valence-electron chi connectivity index (χ0n) is 14.6. The van der Waals surface area contributed by atoms with Gasteiger partial charge in [-0.05, 0) is 60.9 Å². The van der Waals surface area contributed by atoms with Gasteiger partial charge in [-0.3, -0.25) is 4.98 Å². The summed E-state index contributed by atoms with van der Waals surface area (Å²) in [5.74, 6) is 0. The minimum atomic E-state index is 0.955. The quantitative estimate of drug-likeness (QED) is 0.397. The van der Waals surface area contributed by atoms with Crippen LogP contribution in [-0.2, 0) is 6.42 Å². The van der Waals surface area contributed by atoms with Crippen molar-refractivity contribution in [3.05, 3.63) is 84.8 Å². The van der Waals surface area contributed by atoms with Gasteiger partial charge in [0.15, 0.2) is 0 Å². The number of pyridine rings is 1. The molecule has 0 unspecified atom stereocenters. The molecule has 4 aromatic rings. The van der Waals surface area contributed by atoms with E-state index in [-0.39, 0.29) is 0 Å². The first-order valence-electron chi connectivity index (χ1n) is 8.94. The molecular formula is C22H22N4. The molecule has 2 heterocycles. The minimum Gasteiger partial charge on any atom is -0.385 e. The lowest BCUT2D eigenvalue weighted by Crippen LogP contribution is -2.02. The van der Waals surface area contributed by atoms with Crippen molar-refractivity contribution in [2.24, 2.45) is 0 Å². The van der Waals surface area contributed by atoms with Crippen molar-refractivity contribution in [1.82, 2.24) is 9.97 Å². The molecule has 0 fully saturated rings. The Kier molecular flexibility index (Phi) is 4.83. The Balaban J connectivity index is 1.27. The van der Waals surface area contributed by atoms with Gasteiger partial charge in [-0.15, -0.1) is 0 Å². The molecule has 0 bridgehead atoms. The van der Waals surface area contributed by atoms with Crippen LogP contribution in [0.4, 0.5) is 17.1 Å². The van der Waals surface area contributed by atoms with Crippen LogP contribution in [0.1, 0.15) is 12.0 Å². The van der Waals surface area contributed by atoms with Crippen LogP contribution in [0.15, 0.2) is 79.3 Å². The molecule has 0 aliphatic heterocycles. The Hall–Kier alpha value is -3.27. The van der Waals surface area contributed by atoms with E-state index in [4.69, 9.17) is 0 Å². The highest BCUT2D eigenvalue weighted by Gasteiger charge is 2.02. The van der Waals surface area contributed by atoms with Gasteiger partial charge >= 0.3 is 0 Å². The van der Waals surface area contributed by atoms with Crippen LogP contribution >= 0.6 is 0 Å². The van der Waals surface area contributed by atoms with Gasteiger partial charge < -0.3 is 15.6 Å². The number of para-hydroxylation sites is 1. The predicted octanol–water partition coefficient (Wildman–Crippen LogP) is 5.35. The van der Waals surface area contributed by atoms with Crippen molar-refractivity contribution in [2.75, 3.05) is 17.2 Å². The zero-order chi connectivity index (χ0) is 17.6. The highest BCUT2D eigenvalue weighted by Crippen LogP contribution is 2.20. The third-order valence-electron chi connectivity index (χ3n) is 4.48. The number of H-pyrrole nitrogens is 1. The number of aryl methyl sites for hydroxylation is 1. The van der Waals surface area contributed by atoms with E-state index < -0.39 is 0 Å². The number of nitrogens with one attached hydrogen (secondary N) is 3. The summed E-state index contributed by atoms with van der Waals surface area (Å²) in [4.78, 5) is 7.37. The molecule has 0 radical (unpaired) electrons. The van der Waals surface area contributed by atoms with Crippen molar-refractivity contribution >= 4 is 28.0 Å². The minimum absolute atomic E-state index is 0.955. The van der Waals surface area contributed by atoms with E-state index in [2.05, 4.69) is 75.3 Å². The summed E-state index contributed by atoms with van der Waals surface area (Å²) in [6.45, 7) is 0.955. The maximum absolute atomic E-state index is 4.03. The van der Waals surface area contributed by atoms with Crippen LogP contribution in [0.2, 0.25) is 0 Å². The van der Waals surface area contributed by atoms with Crippen molar-refractivity contribution in [3.8, 4) is 0 Å². The smallest absolute Gasteiger partial charge is 0.0456 e. The van der Waals surface area contributed by atoms with E-state index in [0.29, 0.717) is 0 Å². The highest BCUT2D eigenvalue weighted by molar-refractivity contribution is 5.83. The van der Waals surface area contributed by atoms with E-state index >= 15 is 0 Å². The second-order valence-corrected chi connectivity index (χ2v) is 6.33. The van der Waals surface area contributed by atoms with Gasteiger partial charge in [0.05, 0.1) is 0 Å². The summed E-state index contributed by atoms with van der Waals surface area (Å²) in [6, 6.07) is 20.8. The molecule has 2 aromatic carbocycles. The molecule has 4 nitrogen and oxygen atoms in total. The Labute approximate surface area is 153 Å². The third kappa shape index (κ3) is 3.86. The molecule has 2 aromatic heterocycles. The van der Waals surface area contributed by atoms with Crippen LogP contribution in [-0.4, -0.2) is 16.5 Å². The summed E-state index contributed by atoms with van der Waals surface area (Å²) >= 11 is 0. The fourth-order valence-corrected chi connectivity index (χ4v) is 3.12. The van der Waals surface area contributed by atoms with Crippen LogP contribution in [0.5, 0.6) is 0 Å². The van der Waals surface area contributed by atoms with Gasteiger partial charge in [0, 0.05) is 53.1 Å². The lowest BCUT2D eigenvalue weighted by molar-refractivity contribution is 0.868. The first kappa shape index (κ1) is 16.2. The number of rotatable bonds is 7. The van der Waals surface area contributed by atoms with E-state index in [1.54, 1.807) is 12.4 Å². The van der Waals surface area contributed by atoms with Crippen LogP contribution in [0, 0.1) is 0 Å². The SMILES string of the molecule is c1ccc2c(CCCNc3ccc(Nc4ccncc4)cc3)c[nH]c2c1. The van der Waals surface area contributed by atoms with Gasteiger partial charge in [0.1, 0.15) is 0 Å². The van der Waals surface area contributed by atoms with Gasteiger partial charge in [-0.25, -0.2) is 0 Å². The number of nitrogens with zero attached hydrogens (tertiary/aromatic N) is 1. The second kappa shape index (κ2) is 7.74. The molecule has 0 saturated carbocycles. The lowest BCUT2D eigenvalue weighted by Gasteiger charge is -2.09. The largest absolute Gasteiger partial charge is 0.385 e. The van der Waals surface area contributed by atoms with E-state index in [1.807, 2.05) is 12.1 Å². The average molecular weight is 342 g/mol. The van der Waals surface area contributed by atoms with Crippen LogP contribution < -0.4 is 10.6 Å². The summed E-state index contributed by atoms with van der Waals surface area (Å²) in [5.41, 5.74) is 5.86. The molecule has 0 amide bonds. The number of aromatic nitrogens is 2. The fraction of sp³-hybridized carbons (Fsp3) is 0.136. The standard InChI is InChI=1S/C22H22N4/c1-2-6-22-21(5-1)17(16-25-22)4-3-13-24-18-7-9-19(10-8-18)26-20-11-14-23-15-12-20/h1-2,5-12,14-16,24-25H,3-4,13H2,(H,23,26). The number of hydrogen-bond acceptors (Lipinski definition) is 3. The van der Waals surface area contributed by atoms with E-state index in [0.717, 1.165) is 36.4 Å². The Morgan fingerprint density at radius 3 is 2.38 bits per heavy atom. The molecule has 0 spiro atoms. The van der Waals surface area contributed by atoms with Gasteiger partial charge in [0.2, 0.25) is 0 Å². The predicted molar refractivity (Wildman–Crippen MR) is 109 cm³/mol. The first-order chi connectivity index (χ1) is 12.9. The summed E-state index contributed by atoms with van der Waals surface area (Å²) in [7, 11) is 0. The number of benzene rings is 2. The lowest BCUT2D eigenvalue weighted by atomic mass is 10.1. The maximum atomic E-state index is 4.03. The normalized spacial score (nSPS) is 10.8. The number of anilines is 3. The van der Waals surface area contributed by atoms with E-state index in [9.17, 15) is 0 Å². The first-order valence-corrected chi connectivity index (χ1v) is 8.94. The summed E-state index contributed by atoms with van der Waals surface area (Å²) < 4.78 is 0. The average Bonchev–Trinajstić information content (AvgIpc) is 3.11. The van der Waals surface area contributed by atoms with Crippen molar-refractivity contribution in [3.63, 3.8) is 0 Å². The number of hydrogen-bond donors (Lipinski definition) is 3. The van der Waals surface area contributed by atoms with Gasteiger partial charge in [0.25, 0.3) is 0 Å². The molecule has 0 saturated heterocycles. The topological polar surface area (TPSA) is 52.7 Å². The second-order valence-electron chi connectivity index (χ2n) is 6.33. The van der Waals surface area contributed by atoms with Crippen molar-refractivity contribution in [2.45, 2.75) is 12.8 Å². The van der Waals surface area contributed by atoms with Crippen LogP contribution in [0.3, 0.4) is 0 Å². The molecule has 26 heavy (non-hydrogen) atoms. The molecule has 0 aliphatic rings. The zero-order valence-corrected chi connectivity index (χ0v) is 14.6. The van der Waals surface area contributed by atoms with Gasteiger partial charge in [-0.2, -0.15) is 0 Å². The Morgan fingerprint density at radius 2 is 1.54 bits per heavy atom. The monoisotopic (exact) mass is 342 g/mol. The molecule has 4 heteroatoms. The highest BCUT2D eigenvalue weighted by atomic mass is 14.9. The summed E-state index contributed by atoms with van der Waals surface area (Å²) in [5, 5.41) is 8.19.